The number of nitrogens with one attached hydrogen (secondary N) is 1. The Morgan fingerprint density at radius 2 is 1.85 bits per heavy atom. The summed E-state index contributed by atoms with van der Waals surface area (Å²) in [6, 6.07) is 6.92. The maximum Gasteiger partial charge on any atom is 0.255 e. The highest BCUT2D eigenvalue weighted by Gasteiger charge is 2.43. The molecule has 0 spiro atoms. The topological polar surface area (TPSA) is 86.8 Å². The standard InChI is InChI=1S/C24H21BrFN3O4/c1-11-14-5-6-18(25)21(26)17(14)10-28(11)23(32)13-3-4-15-16(9-13)12(2)29(24(15)33)19-7-8-20(30)27-22(19)31/h3-6,9,11-12,19H,7-8,10H2,1-2H3,(H,27,30,31)/t11-,12+,19-/m0/s1. The van der Waals surface area contributed by atoms with E-state index in [0.717, 1.165) is 5.56 Å². The number of piperidine rings is 1. The van der Waals surface area contributed by atoms with Crippen LogP contribution in [-0.2, 0) is 16.1 Å². The number of halogens is 2. The molecule has 5 rings (SSSR count). The van der Waals surface area contributed by atoms with Gasteiger partial charge in [-0.2, -0.15) is 0 Å². The Morgan fingerprint density at radius 3 is 2.58 bits per heavy atom. The summed E-state index contributed by atoms with van der Waals surface area (Å²) in [6.45, 7) is 3.83. The van der Waals surface area contributed by atoms with E-state index in [0.29, 0.717) is 26.7 Å². The third-order valence-corrected chi connectivity index (χ3v) is 7.53. The summed E-state index contributed by atoms with van der Waals surface area (Å²) in [5.74, 6) is -1.73. The van der Waals surface area contributed by atoms with Gasteiger partial charge in [-0.3, -0.25) is 24.5 Å². The first-order valence-electron chi connectivity index (χ1n) is 10.8. The van der Waals surface area contributed by atoms with Crippen LogP contribution in [0.15, 0.2) is 34.8 Å². The molecule has 0 unspecified atom stereocenters. The Morgan fingerprint density at radius 1 is 1.09 bits per heavy atom. The van der Waals surface area contributed by atoms with Gasteiger partial charge in [0.1, 0.15) is 11.9 Å². The number of amides is 4. The number of hydrogen-bond donors (Lipinski definition) is 1. The minimum atomic E-state index is -0.730. The second-order valence-electron chi connectivity index (χ2n) is 8.70. The Kier molecular flexibility index (Phi) is 5.12. The maximum absolute atomic E-state index is 14.6. The normalized spacial score (nSPS) is 24.1. The van der Waals surface area contributed by atoms with Crippen LogP contribution in [0.3, 0.4) is 0 Å². The molecule has 3 atom stereocenters. The van der Waals surface area contributed by atoms with Crippen LogP contribution in [0.1, 0.15) is 76.2 Å². The summed E-state index contributed by atoms with van der Waals surface area (Å²) in [4.78, 5) is 53.4. The summed E-state index contributed by atoms with van der Waals surface area (Å²) in [6.07, 6.45) is 0.443. The molecular weight excluding hydrogens is 493 g/mol. The van der Waals surface area contributed by atoms with Crippen LogP contribution in [0.25, 0.3) is 0 Å². The van der Waals surface area contributed by atoms with E-state index in [2.05, 4.69) is 21.2 Å². The molecule has 170 valence electrons. The molecule has 1 saturated heterocycles. The van der Waals surface area contributed by atoms with Crippen molar-refractivity contribution < 1.29 is 23.6 Å². The summed E-state index contributed by atoms with van der Waals surface area (Å²) < 4.78 is 14.9. The SMILES string of the molecule is C[C@@H]1c2cc(C(=O)N3Cc4c(ccc(Br)c4F)[C@@H]3C)ccc2C(=O)N1[C@H]1CCC(=O)NC1=O. The molecule has 2 aromatic carbocycles. The lowest BCUT2D eigenvalue weighted by Gasteiger charge is -2.32. The van der Waals surface area contributed by atoms with Gasteiger partial charge in [0.15, 0.2) is 0 Å². The van der Waals surface area contributed by atoms with E-state index in [4.69, 9.17) is 0 Å². The van der Waals surface area contributed by atoms with Gasteiger partial charge in [-0.05, 0) is 71.6 Å². The lowest BCUT2D eigenvalue weighted by molar-refractivity contribution is -0.137. The highest BCUT2D eigenvalue weighted by Crippen LogP contribution is 2.40. The molecule has 1 fully saturated rings. The van der Waals surface area contributed by atoms with Crippen molar-refractivity contribution in [3.8, 4) is 0 Å². The third-order valence-electron chi connectivity index (χ3n) is 6.92. The number of imide groups is 1. The molecule has 33 heavy (non-hydrogen) atoms. The monoisotopic (exact) mass is 513 g/mol. The highest BCUT2D eigenvalue weighted by molar-refractivity contribution is 9.10. The Hall–Kier alpha value is -3.07. The first-order valence-corrected chi connectivity index (χ1v) is 11.6. The summed E-state index contributed by atoms with van der Waals surface area (Å²) in [7, 11) is 0. The summed E-state index contributed by atoms with van der Waals surface area (Å²) in [5, 5.41) is 2.30. The van der Waals surface area contributed by atoms with Crippen LogP contribution in [0.4, 0.5) is 4.39 Å². The van der Waals surface area contributed by atoms with Crippen molar-refractivity contribution in [2.75, 3.05) is 0 Å². The van der Waals surface area contributed by atoms with E-state index in [1.54, 1.807) is 29.2 Å². The van der Waals surface area contributed by atoms with Gasteiger partial charge in [-0.15, -0.1) is 0 Å². The predicted molar refractivity (Wildman–Crippen MR) is 120 cm³/mol. The molecule has 1 N–H and O–H groups in total. The van der Waals surface area contributed by atoms with E-state index < -0.39 is 18.0 Å². The molecule has 3 aliphatic rings. The second-order valence-corrected chi connectivity index (χ2v) is 9.55. The fraction of sp³-hybridized carbons (Fsp3) is 0.333. The van der Waals surface area contributed by atoms with Gasteiger partial charge in [0.25, 0.3) is 11.8 Å². The van der Waals surface area contributed by atoms with E-state index in [1.165, 1.54) is 4.90 Å². The zero-order valence-corrected chi connectivity index (χ0v) is 19.6. The predicted octanol–water partition coefficient (Wildman–Crippen LogP) is 3.63. The van der Waals surface area contributed by atoms with Gasteiger partial charge < -0.3 is 9.80 Å². The highest BCUT2D eigenvalue weighted by atomic mass is 79.9. The van der Waals surface area contributed by atoms with E-state index >= 15 is 0 Å². The zero-order valence-electron chi connectivity index (χ0n) is 18.0. The number of rotatable bonds is 2. The molecule has 0 aromatic heterocycles. The molecule has 9 heteroatoms. The van der Waals surface area contributed by atoms with Crippen molar-refractivity contribution in [1.29, 1.82) is 0 Å². The average Bonchev–Trinajstić information content (AvgIpc) is 3.25. The van der Waals surface area contributed by atoms with Crippen molar-refractivity contribution >= 4 is 39.6 Å². The van der Waals surface area contributed by atoms with Gasteiger partial charge >= 0.3 is 0 Å². The minimum absolute atomic E-state index is 0.161. The second kappa shape index (κ2) is 7.76. The van der Waals surface area contributed by atoms with Gasteiger partial charge in [-0.25, -0.2) is 4.39 Å². The molecule has 3 aliphatic heterocycles. The number of carbonyl (C=O) groups is 4. The fourth-order valence-corrected chi connectivity index (χ4v) is 5.48. The molecule has 0 radical (unpaired) electrons. The van der Waals surface area contributed by atoms with Crippen LogP contribution in [0.2, 0.25) is 0 Å². The Balaban J connectivity index is 1.43. The van der Waals surface area contributed by atoms with Gasteiger partial charge in [0.2, 0.25) is 11.8 Å². The molecule has 3 heterocycles. The first kappa shape index (κ1) is 21.8. The van der Waals surface area contributed by atoms with Crippen LogP contribution in [0, 0.1) is 5.82 Å². The molecule has 0 saturated carbocycles. The van der Waals surface area contributed by atoms with Crippen molar-refractivity contribution in [2.45, 2.75) is 51.4 Å². The van der Waals surface area contributed by atoms with Crippen molar-refractivity contribution in [3.63, 3.8) is 0 Å². The van der Waals surface area contributed by atoms with Crippen LogP contribution < -0.4 is 5.32 Å². The van der Waals surface area contributed by atoms with Crippen LogP contribution in [0.5, 0.6) is 0 Å². The van der Waals surface area contributed by atoms with Crippen molar-refractivity contribution in [2.24, 2.45) is 0 Å². The van der Waals surface area contributed by atoms with Crippen LogP contribution >= 0.6 is 15.9 Å². The zero-order chi connectivity index (χ0) is 23.6. The Bertz CT molecular complexity index is 1250. The van der Waals surface area contributed by atoms with E-state index in [9.17, 15) is 23.6 Å². The van der Waals surface area contributed by atoms with Gasteiger partial charge in [-0.1, -0.05) is 6.07 Å². The smallest absolute Gasteiger partial charge is 0.255 e. The maximum atomic E-state index is 14.6. The number of hydrogen-bond acceptors (Lipinski definition) is 4. The molecule has 4 amide bonds. The van der Waals surface area contributed by atoms with Crippen LogP contribution in [-0.4, -0.2) is 39.5 Å². The largest absolute Gasteiger partial charge is 0.327 e. The number of benzene rings is 2. The quantitative estimate of drug-likeness (QED) is 0.621. The minimum Gasteiger partial charge on any atom is -0.327 e. The van der Waals surface area contributed by atoms with E-state index in [-0.39, 0.29) is 49.0 Å². The molecule has 7 nitrogen and oxygen atoms in total. The van der Waals surface area contributed by atoms with E-state index in [1.807, 2.05) is 19.9 Å². The van der Waals surface area contributed by atoms with Crippen molar-refractivity contribution in [3.05, 3.63) is 68.4 Å². The number of carbonyl (C=O) groups excluding carboxylic acids is 4. The van der Waals surface area contributed by atoms with Crippen molar-refractivity contribution in [1.82, 2.24) is 15.1 Å². The average molecular weight is 514 g/mol. The summed E-state index contributed by atoms with van der Waals surface area (Å²) >= 11 is 3.20. The Labute approximate surface area is 198 Å². The van der Waals surface area contributed by atoms with Gasteiger partial charge in [0, 0.05) is 29.7 Å². The molecule has 0 aliphatic carbocycles. The number of fused-ring (bicyclic) bond motifs is 2. The molecule has 2 aromatic rings. The number of nitrogens with zero attached hydrogens (tertiary/aromatic N) is 2. The lowest BCUT2D eigenvalue weighted by Crippen LogP contribution is -2.53. The fourth-order valence-electron chi connectivity index (χ4n) is 5.11. The van der Waals surface area contributed by atoms with Gasteiger partial charge in [0.05, 0.1) is 16.6 Å². The lowest BCUT2D eigenvalue weighted by atomic mass is 10.0. The third kappa shape index (κ3) is 3.28. The first-order chi connectivity index (χ1) is 15.7. The molecule has 0 bridgehead atoms. The summed E-state index contributed by atoms with van der Waals surface area (Å²) in [5.41, 5.74) is 2.78. The molecular formula is C24H21BrFN3O4.